The fraction of sp³-hybridized carbons (Fsp3) is 0.467. The van der Waals surface area contributed by atoms with E-state index in [9.17, 15) is 18.0 Å². The summed E-state index contributed by atoms with van der Waals surface area (Å²) >= 11 is 0. The zero-order valence-electron chi connectivity index (χ0n) is 13.4. The Hall–Kier alpha value is -1.93. The molecule has 126 valence electrons. The zero-order chi connectivity index (χ0) is 17.2. The number of benzene rings is 1. The third-order valence-electron chi connectivity index (χ3n) is 3.50. The molecule has 2 N–H and O–H groups in total. The second-order valence-electron chi connectivity index (χ2n) is 5.85. The van der Waals surface area contributed by atoms with E-state index in [2.05, 4.69) is 10.6 Å². The van der Waals surface area contributed by atoms with Crippen LogP contribution in [0.4, 0.5) is 5.69 Å². The molecule has 2 amide bonds. The van der Waals surface area contributed by atoms with E-state index in [1.54, 1.807) is 12.1 Å². The van der Waals surface area contributed by atoms with Crippen molar-refractivity contribution in [3.63, 3.8) is 0 Å². The average Bonchev–Trinajstić information content (AvgIpc) is 2.45. The van der Waals surface area contributed by atoms with Gasteiger partial charge in [0.15, 0.2) is 0 Å². The lowest BCUT2D eigenvalue weighted by Crippen LogP contribution is -2.40. The maximum absolute atomic E-state index is 12.6. The third kappa shape index (κ3) is 4.08. The summed E-state index contributed by atoms with van der Waals surface area (Å²) in [6, 6.07) is 4.53. The van der Waals surface area contributed by atoms with E-state index in [4.69, 9.17) is 0 Å². The molecule has 0 spiro atoms. The fourth-order valence-corrected chi connectivity index (χ4v) is 3.53. The lowest BCUT2D eigenvalue weighted by Gasteiger charge is -2.21. The van der Waals surface area contributed by atoms with Crippen LogP contribution in [0.1, 0.15) is 25.8 Å². The van der Waals surface area contributed by atoms with Gasteiger partial charge < -0.3 is 10.6 Å². The molecule has 1 aliphatic heterocycles. The van der Waals surface area contributed by atoms with Crippen LogP contribution in [0.3, 0.4) is 0 Å². The number of sulfonamides is 1. The molecule has 0 radical (unpaired) electrons. The molecule has 0 aromatic heterocycles. The van der Waals surface area contributed by atoms with Gasteiger partial charge in [0.1, 0.15) is 0 Å². The Labute approximate surface area is 136 Å². The highest BCUT2D eigenvalue weighted by molar-refractivity contribution is 7.89. The predicted octanol–water partition coefficient (Wildman–Crippen LogP) is 0.716. The highest BCUT2D eigenvalue weighted by atomic mass is 32.2. The first-order valence-electron chi connectivity index (χ1n) is 7.38. The molecular weight excluding hydrogens is 318 g/mol. The summed E-state index contributed by atoms with van der Waals surface area (Å²) in [4.78, 5) is 23.2. The molecule has 1 heterocycles. The van der Waals surface area contributed by atoms with Crippen molar-refractivity contribution in [2.24, 2.45) is 0 Å². The predicted molar refractivity (Wildman–Crippen MR) is 86.5 cm³/mol. The number of aryl methyl sites for hydroxylation is 1. The Morgan fingerprint density at radius 2 is 2.04 bits per heavy atom. The summed E-state index contributed by atoms with van der Waals surface area (Å²) in [5.74, 6) is -0.424. The van der Waals surface area contributed by atoms with E-state index in [-0.39, 0.29) is 29.3 Å². The molecule has 0 aliphatic carbocycles. The van der Waals surface area contributed by atoms with Gasteiger partial charge in [-0.15, -0.1) is 0 Å². The van der Waals surface area contributed by atoms with Crippen molar-refractivity contribution < 1.29 is 18.0 Å². The molecule has 0 saturated carbocycles. The van der Waals surface area contributed by atoms with E-state index in [0.29, 0.717) is 18.5 Å². The van der Waals surface area contributed by atoms with Gasteiger partial charge in [0.25, 0.3) is 0 Å². The van der Waals surface area contributed by atoms with Gasteiger partial charge in [-0.3, -0.25) is 9.59 Å². The van der Waals surface area contributed by atoms with Crippen LogP contribution in [0.25, 0.3) is 0 Å². The number of hydrogen-bond acceptors (Lipinski definition) is 4. The third-order valence-corrected chi connectivity index (χ3v) is 5.30. The SMILES string of the molecule is CC(C)NC(=O)CN(C)S(=O)(=O)c1ccc2c(c1)CCC(=O)N2. The van der Waals surface area contributed by atoms with Gasteiger partial charge >= 0.3 is 0 Å². The maximum atomic E-state index is 12.6. The van der Waals surface area contributed by atoms with Gasteiger partial charge in [-0.25, -0.2) is 8.42 Å². The first-order chi connectivity index (χ1) is 10.7. The monoisotopic (exact) mass is 339 g/mol. The number of anilines is 1. The van der Waals surface area contributed by atoms with Crippen molar-refractivity contribution in [1.29, 1.82) is 0 Å². The number of likely N-dealkylation sites (N-methyl/N-ethyl adjacent to an activating group) is 1. The van der Waals surface area contributed by atoms with Crippen molar-refractivity contribution >= 4 is 27.5 Å². The number of nitrogens with zero attached hydrogens (tertiary/aromatic N) is 1. The Morgan fingerprint density at radius 1 is 1.35 bits per heavy atom. The van der Waals surface area contributed by atoms with Crippen molar-refractivity contribution in [2.75, 3.05) is 18.9 Å². The van der Waals surface area contributed by atoms with E-state index in [1.807, 2.05) is 13.8 Å². The summed E-state index contributed by atoms with van der Waals surface area (Å²) in [6.45, 7) is 3.38. The first-order valence-corrected chi connectivity index (χ1v) is 8.82. The summed E-state index contributed by atoms with van der Waals surface area (Å²) in [5, 5.41) is 5.37. The number of carbonyl (C=O) groups excluding carboxylic acids is 2. The molecule has 0 unspecified atom stereocenters. The number of amides is 2. The standard InChI is InChI=1S/C15H21N3O4S/c1-10(2)16-15(20)9-18(3)23(21,22)12-5-6-13-11(8-12)4-7-14(19)17-13/h5-6,8,10H,4,7,9H2,1-3H3,(H,16,20)(H,17,19). The van der Waals surface area contributed by atoms with E-state index in [1.165, 1.54) is 13.1 Å². The molecule has 23 heavy (non-hydrogen) atoms. The van der Waals surface area contributed by atoms with Gasteiger partial charge in [-0.1, -0.05) is 0 Å². The van der Waals surface area contributed by atoms with Crippen LogP contribution in [0.2, 0.25) is 0 Å². The Bertz CT molecular complexity index is 728. The molecule has 1 aliphatic rings. The minimum atomic E-state index is -3.76. The van der Waals surface area contributed by atoms with Gasteiger partial charge in [-0.05, 0) is 44.0 Å². The van der Waals surface area contributed by atoms with E-state index >= 15 is 0 Å². The summed E-state index contributed by atoms with van der Waals surface area (Å²) in [5.41, 5.74) is 1.42. The normalized spacial score (nSPS) is 14.6. The second-order valence-corrected chi connectivity index (χ2v) is 7.90. The summed E-state index contributed by atoms with van der Waals surface area (Å²) in [7, 11) is -2.39. The molecule has 0 bridgehead atoms. The molecule has 0 fully saturated rings. The Morgan fingerprint density at radius 3 is 2.70 bits per heavy atom. The molecule has 8 heteroatoms. The van der Waals surface area contributed by atoms with Gasteiger partial charge in [0.2, 0.25) is 21.8 Å². The highest BCUT2D eigenvalue weighted by Gasteiger charge is 2.25. The van der Waals surface area contributed by atoms with E-state index < -0.39 is 10.0 Å². The van der Waals surface area contributed by atoms with Crippen molar-refractivity contribution in [3.05, 3.63) is 23.8 Å². The Kier molecular flexibility index (Phi) is 5.06. The van der Waals surface area contributed by atoms with E-state index in [0.717, 1.165) is 9.87 Å². The van der Waals surface area contributed by atoms with Gasteiger partial charge in [-0.2, -0.15) is 4.31 Å². The Balaban J connectivity index is 2.19. The van der Waals surface area contributed by atoms with Crippen LogP contribution in [0, 0.1) is 0 Å². The molecule has 0 saturated heterocycles. The van der Waals surface area contributed by atoms with Crippen LogP contribution in [0.5, 0.6) is 0 Å². The smallest absolute Gasteiger partial charge is 0.243 e. The highest BCUT2D eigenvalue weighted by Crippen LogP contribution is 2.26. The quantitative estimate of drug-likeness (QED) is 0.826. The number of rotatable bonds is 5. The second kappa shape index (κ2) is 6.67. The molecule has 1 aromatic carbocycles. The minimum Gasteiger partial charge on any atom is -0.353 e. The molecule has 0 atom stereocenters. The first kappa shape index (κ1) is 17.4. The van der Waals surface area contributed by atoms with Crippen molar-refractivity contribution in [3.8, 4) is 0 Å². The number of nitrogens with one attached hydrogen (secondary N) is 2. The van der Waals surface area contributed by atoms with Crippen molar-refractivity contribution in [2.45, 2.75) is 37.6 Å². The molecule has 2 rings (SSSR count). The summed E-state index contributed by atoms with van der Waals surface area (Å²) < 4.78 is 26.1. The molecule has 7 nitrogen and oxygen atoms in total. The lowest BCUT2D eigenvalue weighted by molar-refractivity contribution is -0.121. The summed E-state index contributed by atoms with van der Waals surface area (Å²) in [6.07, 6.45) is 0.839. The maximum Gasteiger partial charge on any atom is 0.243 e. The number of hydrogen-bond donors (Lipinski definition) is 2. The topological polar surface area (TPSA) is 95.6 Å². The molecular formula is C15H21N3O4S. The van der Waals surface area contributed by atoms with Crippen LogP contribution in [-0.4, -0.2) is 44.2 Å². The lowest BCUT2D eigenvalue weighted by atomic mass is 10.0. The minimum absolute atomic E-state index is 0.0500. The van der Waals surface area contributed by atoms with Crippen LogP contribution in [-0.2, 0) is 26.0 Å². The van der Waals surface area contributed by atoms with Crippen molar-refractivity contribution in [1.82, 2.24) is 9.62 Å². The van der Waals surface area contributed by atoms with Gasteiger partial charge in [0, 0.05) is 25.2 Å². The van der Waals surface area contributed by atoms with Crippen LogP contribution >= 0.6 is 0 Å². The number of carbonyl (C=O) groups is 2. The van der Waals surface area contributed by atoms with Crippen LogP contribution in [0.15, 0.2) is 23.1 Å². The number of fused-ring (bicyclic) bond motifs is 1. The zero-order valence-corrected chi connectivity index (χ0v) is 14.2. The fourth-order valence-electron chi connectivity index (χ4n) is 2.36. The largest absolute Gasteiger partial charge is 0.353 e. The van der Waals surface area contributed by atoms with Gasteiger partial charge in [0.05, 0.1) is 11.4 Å². The average molecular weight is 339 g/mol. The molecule has 1 aromatic rings. The van der Waals surface area contributed by atoms with Crippen LogP contribution < -0.4 is 10.6 Å².